The van der Waals surface area contributed by atoms with Crippen LogP contribution in [0, 0.1) is 0 Å². The largest absolute Gasteiger partial charge is 0.339 e. The minimum atomic E-state index is -0.191. The molecule has 8 heteroatoms. The highest BCUT2D eigenvalue weighted by molar-refractivity contribution is 7.13. The Bertz CT molecular complexity index is 798. The predicted octanol–water partition coefficient (Wildman–Crippen LogP) is 2.26. The molecule has 3 heterocycles. The molecule has 6 nitrogen and oxygen atoms in total. The van der Waals surface area contributed by atoms with Crippen molar-refractivity contribution >= 4 is 28.6 Å². The zero-order valence-electron chi connectivity index (χ0n) is 11.2. The smallest absolute Gasteiger partial charge is 0.248 e. The molecule has 0 bridgehead atoms. The minimum Gasteiger partial charge on any atom is -0.339 e. The molecule has 108 valence electrons. The van der Waals surface area contributed by atoms with E-state index in [9.17, 15) is 4.79 Å². The minimum absolute atomic E-state index is 0.191. The summed E-state index contributed by atoms with van der Waals surface area (Å²) in [5.74, 6) is 0.829. The lowest BCUT2D eigenvalue weighted by atomic mass is 10.3. The summed E-state index contributed by atoms with van der Waals surface area (Å²) in [6.45, 7) is 0. The lowest BCUT2D eigenvalue weighted by molar-refractivity contribution is -0.118. The number of nitrogens with zero attached hydrogens (tertiary/aromatic N) is 4. The maximum atomic E-state index is 11.8. The molecule has 3 aromatic heterocycles. The van der Waals surface area contributed by atoms with E-state index in [0.717, 1.165) is 4.88 Å². The Morgan fingerprint density at radius 3 is 3.05 bits per heavy atom. The number of carbonyl (C=O) groups excluding carboxylic acids is 1. The average Bonchev–Trinajstić information content (AvgIpc) is 3.18. The monoisotopic (exact) mass is 320 g/mol. The van der Waals surface area contributed by atoms with E-state index in [1.165, 1.54) is 11.3 Å². The van der Waals surface area contributed by atoms with Crippen LogP contribution in [0.3, 0.4) is 0 Å². The Morgan fingerprint density at radius 2 is 2.33 bits per heavy atom. The molecule has 0 fully saturated rings. The van der Waals surface area contributed by atoms with E-state index >= 15 is 0 Å². The Hall–Kier alpha value is -2.06. The molecule has 0 unspecified atom stereocenters. The van der Waals surface area contributed by atoms with Gasteiger partial charge in [0.05, 0.1) is 4.88 Å². The van der Waals surface area contributed by atoms with E-state index in [-0.39, 0.29) is 12.3 Å². The molecule has 0 saturated heterocycles. The topological polar surface area (TPSA) is 73.3 Å². The van der Waals surface area contributed by atoms with Crippen molar-refractivity contribution < 1.29 is 9.32 Å². The highest BCUT2D eigenvalue weighted by atomic mass is 32.1. The highest BCUT2D eigenvalue weighted by Crippen LogP contribution is 2.21. The third-order valence-corrected chi connectivity index (χ3v) is 4.46. The summed E-state index contributed by atoms with van der Waals surface area (Å²) in [5, 5.41) is 7.75. The van der Waals surface area contributed by atoms with Crippen LogP contribution in [0.4, 0.5) is 0 Å². The van der Waals surface area contributed by atoms with Crippen molar-refractivity contribution in [2.45, 2.75) is 12.8 Å². The molecule has 3 rings (SSSR count). The first kappa shape index (κ1) is 13.9. The van der Waals surface area contributed by atoms with Crippen molar-refractivity contribution in [1.29, 1.82) is 0 Å². The number of rotatable bonds is 4. The highest BCUT2D eigenvalue weighted by Gasteiger charge is 2.11. The summed E-state index contributed by atoms with van der Waals surface area (Å²) in [6.07, 6.45) is 2.52. The van der Waals surface area contributed by atoms with Gasteiger partial charge in [0.25, 0.3) is 0 Å². The second kappa shape index (κ2) is 6.15. The molecule has 0 aliphatic heterocycles. The number of aromatic nitrogens is 3. The van der Waals surface area contributed by atoms with Crippen molar-refractivity contribution in [3.63, 3.8) is 0 Å². The van der Waals surface area contributed by atoms with Crippen molar-refractivity contribution in [2.24, 2.45) is 12.0 Å². The Morgan fingerprint density at radius 1 is 1.43 bits per heavy atom. The first-order valence-corrected chi connectivity index (χ1v) is 8.02. The third-order valence-electron chi connectivity index (χ3n) is 2.74. The van der Waals surface area contributed by atoms with Crippen LogP contribution in [-0.2, 0) is 18.3 Å². The van der Waals surface area contributed by atoms with Gasteiger partial charge in [-0.05, 0) is 11.4 Å². The van der Waals surface area contributed by atoms with Crippen molar-refractivity contribution in [3.05, 3.63) is 39.8 Å². The zero-order chi connectivity index (χ0) is 14.7. The second-order valence-corrected chi connectivity index (χ2v) is 6.11. The quantitative estimate of drug-likeness (QED) is 0.739. The van der Waals surface area contributed by atoms with Crippen molar-refractivity contribution in [1.82, 2.24) is 14.7 Å². The maximum absolute atomic E-state index is 11.8. The summed E-state index contributed by atoms with van der Waals surface area (Å²) < 4.78 is 6.96. The van der Waals surface area contributed by atoms with Gasteiger partial charge in [-0.25, -0.2) is 0 Å². The lowest BCUT2D eigenvalue weighted by Crippen LogP contribution is -2.12. The molecule has 0 aliphatic rings. The molecular formula is C13H12N4O2S2. The maximum Gasteiger partial charge on any atom is 0.248 e. The average molecular weight is 320 g/mol. The van der Waals surface area contributed by atoms with Gasteiger partial charge in [0, 0.05) is 31.5 Å². The van der Waals surface area contributed by atoms with E-state index < -0.39 is 0 Å². The Labute approximate surface area is 128 Å². The molecule has 0 saturated carbocycles. The number of hydrogen-bond donors (Lipinski definition) is 0. The molecule has 1 amide bonds. The van der Waals surface area contributed by atoms with Gasteiger partial charge in [-0.1, -0.05) is 11.2 Å². The molecule has 0 aliphatic carbocycles. The molecular weight excluding hydrogens is 308 g/mol. The Kier molecular flexibility index (Phi) is 4.07. The fourth-order valence-corrected chi connectivity index (χ4v) is 3.07. The van der Waals surface area contributed by atoms with Gasteiger partial charge in [0.15, 0.2) is 4.80 Å². The number of thiophene rings is 1. The second-order valence-electron chi connectivity index (χ2n) is 4.29. The van der Waals surface area contributed by atoms with Crippen LogP contribution in [0.15, 0.2) is 38.6 Å². The summed E-state index contributed by atoms with van der Waals surface area (Å²) >= 11 is 2.97. The summed E-state index contributed by atoms with van der Waals surface area (Å²) in [4.78, 5) is 21.8. The van der Waals surface area contributed by atoms with Crippen LogP contribution < -0.4 is 4.80 Å². The molecule has 0 atom stereocenters. The molecule has 0 N–H and O–H groups in total. The summed E-state index contributed by atoms with van der Waals surface area (Å²) in [7, 11) is 1.86. The van der Waals surface area contributed by atoms with Crippen LogP contribution in [0.5, 0.6) is 0 Å². The normalized spacial score (nSPS) is 12.0. The van der Waals surface area contributed by atoms with E-state index in [1.807, 2.05) is 40.7 Å². The summed E-state index contributed by atoms with van der Waals surface area (Å²) in [5.41, 5.74) is 0. The van der Waals surface area contributed by atoms with Crippen LogP contribution in [0.25, 0.3) is 10.7 Å². The van der Waals surface area contributed by atoms with Gasteiger partial charge in [-0.15, -0.1) is 22.7 Å². The SMILES string of the molecule is Cn1ccsc1=NC(=O)CCc1nc(-c2cccs2)no1. The van der Waals surface area contributed by atoms with Crippen LogP contribution in [0.2, 0.25) is 0 Å². The van der Waals surface area contributed by atoms with Gasteiger partial charge >= 0.3 is 0 Å². The van der Waals surface area contributed by atoms with E-state index in [2.05, 4.69) is 15.1 Å². The first-order valence-electron chi connectivity index (χ1n) is 6.26. The third kappa shape index (κ3) is 3.34. The van der Waals surface area contributed by atoms with Gasteiger partial charge in [-0.3, -0.25) is 4.79 Å². The summed E-state index contributed by atoms with van der Waals surface area (Å²) in [6, 6.07) is 3.86. The fraction of sp³-hybridized carbons (Fsp3) is 0.231. The Balaban J connectivity index is 1.63. The first-order chi connectivity index (χ1) is 10.2. The molecule has 0 spiro atoms. The number of aryl methyl sites for hydroxylation is 2. The van der Waals surface area contributed by atoms with E-state index in [4.69, 9.17) is 4.52 Å². The van der Waals surface area contributed by atoms with Crippen molar-refractivity contribution in [3.8, 4) is 10.7 Å². The lowest BCUT2D eigenvalue weighted by Gasteiger charge is -1.91. The van der Waals surface area contributed by atoms with Gasteiger partial charge in [0.1, 0.15) is 0 Å². The predicted molar refractivity (Wildman–Crippen MR) is 79.8 cm³/mol. The van der Waals surface area contributed by atoms with Crippen LogP contribution in [0.1, 0.15) is 12.3 Å². The zero-order valence-corrected chi connectivity index (χ0v) is 12.9. The van der Waals surface area contributed by atoms with Gasteiger partial charge in [-0.2, -0.15) is 9.98 Å². The van der Waals surface area contributed by atoms with Crippen LogP contribution in [-0.4, -0.2) is 20.6 Å². The van der Waals surface area contributed by atoms with Crippen molar-refractivity contribution in [2.75, 3.05) is 0 Å². The van der Waals surface area contributed by atoms with Gasteiger partial charge in [0.2, 0.25) is 17.6 Å². The fourth-order valence-electron chi connectivity index (χ4n) is 1.67. The van der Waals surface area contributed by atoms with E-state index in [1.54, 1.807) is 11.3 Å². The molecule has 0 radical (unpaired) electrons. The standard InChI is InChI=1S/C13H12N4O2S2/c1-17-6-8-21-13(17)14-10(18)4-5-11-15-12(16-19-11)9-3-2-7-20-9/h2-3,6-8H,4-5H2,1H3. The van der Waals surface area contributed by atoms with E-state index in [0.29, 0.717) is 22.9 Å². The molecule has 0 aromatic carbocycles. The number of carbonyl (C=O) groups is 1. The molecule has 3 aromatic rings. The molecule has 21 heavy (non-hydrogen) atoms. The number of thiazole rings is 1. The van der Waals surface area contributed by atoms with Crippen LogP contribution >= 0.6 is 22.7 Å². The number of hydrogen-bond acceptors (Lipinski definition) is 6. The van der Waals surface area contributed by atoms with Gasteiger partial charge < -0.3 is 9.09 Å². The number of amides is 1.